The van der Waals surface area contributed by atoms with Crippen LogP contribution < -0.4 is 0 Å². The highest BCUT2D eigenvalue weighted by Gasteiger charge is 2.16. The van der Waals surface area contributed by atoms with E-state index in [0.29, 0.717) is 6.61 Å². The van der Waals surface area contributed by atoms with E-state index in [0.717, 1.165) is 18.4 Å². The van der Waals surface area contributed by atoms with Crippen molar-refractivity contribution < 1.29 is 9.53 Å². The molecule has 1 aromatic heterocycles. The van der Waals surface area contributed by atoms with Crippen LogP contribution in [0.3, 0.4) is 0 Å². The van der Waals surface area contributed by atoms with Crippen LogP contribution in [0.4, 0.5) is 0 Å². The molecule has 3 nitrogen and oxygen atoms in total. The van der Waals surface area contributed by atoms with Crippen LogP contribution in [-0.4, -0.2) is 17.1 Å². The molecule has 74 valence electrons. The molecular formula is C11H13NO2. The number of esters is 1. The van der Waals surface area contributed by atoms with Gasteiger partial charge in [-0.25, -0.2) is 4.79 Å². The molecule has 1 aliphatic heterocycles. The third-order valence-corrected chi connectivity index (χ3v) is 2.35. The third kappa shape index (κ3) is 1.58. The molecular weight excluding hydrogens is 178 g/mol. The SMILES string of the molecule is CCOC(=O)C1=Cn2cccc2CC1. The van der Waals surface area contributed by atoms with Crippen LogP contribution in [0.2, 0.25) is 0 Å². The number of carbonyl (C=O) groups excluding carboxylic acids is 1. The molecule has 3 heteroatoms. The minimum atomic E-state index is -0.188. The van der Waals surface area contributed by atoms with Crippen molar-refractivity contribution >= 4 is 12.2 Å². The summed E-state index contributed by atoms with van der Waals surface area (Å²) in [5.41, 5.74) is 2.01. The van der Waals surface area contributed by atoms with Crippen molar-refractivity contribution in [2.75, 3.05) is 6.61 Å². The summed E-state index contributed by atoms with van der Waals surface area (Å²) in [4.78, 5) is 11.4. The number of ether oxygens (including phenoxy) is 1. The number of nitrogens with zero attached hydrogens (tertiary/aromatic N) is 1. The fraction of sp³-hybridized carbons (Fsp3) is 0.364. The molecule has 0 radical (unpaired) electrons. The standard InChI is InChI=1S/C11H13NO2/c1-2-14-11(13)9-5-6-10-4-3-7-12(10)8-9/h3-4,7-8H,2,5-6H2,1H3. The normalized spacial score (nSPS) is 14.5. The van der Waals surface area contributed by atoms with Gasteiger partial charge in [0.2, 0.25) is 0 Å². The predicted molar refractivity (Wildman–Crippen MR) is 53.7 cm³/mol. The molecule has 0 saturated heterocycles. The van der Waals surface area contributed by atoms with Crippen LogP contribution in [0.5, 0.6) is 0 Å². The maximum absolute atomic E-state index is 11.4. The van der Waals surface area contributed by atoms with E-state index in [2.05, 4.69) is 6.07 Å². The van der Waals surface area contributed by atoms with Crippen molar-refractivity contribution in [3.05, 3.63) is 29.6 Å². The van der Waals surface area contributed by atoms with Gasteiger partial charge in [0.05, 0.1) is 12.2 Å². The number of fused-ring (bicyclic) bond motifs is 1. The summed E-state index contributed by atoms with van der Waals surface area (Å²) in [5.74, 6) is -0.188. The van der Waals surface area contributed by atoms with E-state index in [1.807, 2.05) is 30.0 Å². The fourth-order valence-corrected chi connectivity index (χ4v) is 1.64. The number of hydrogen-bond acceptors (Lipinski definition) is 2. The van der Waals surface area contributed by atoms with Gasteiger partial charge in [0.15, 0.2) is 0 Å². The number of aryl methyl sites for hydroxylation is 1. The quantitative estimate of drug-likeness (QED) is 0.668. The van der Waals surface area contributed by atoms with E-state index in [9.17, 15) is 4.79 Å². The number of hydrogen-bond donors (Lipinski definition) is 0. The number of rotatable bonds is 2. The first-order valence-corrected chi connectivity index (χ1v) is 4.85. The topological polar surface area (TPSA) is 31.2 Å². The van der Waals surface area contributed by atoms with Gasteiger partial charge in [-0.15, -0.1) is 0 Å². The van der Waals surface area contributed by atoms with Gasteiger partial charge < -0.3 is 9.30 Å². The molecule has 0 fully saturated rings. The van der Waals surface area contributed by atoms with Gasteiger partial charge in [-0.05, 0) is 31.9 Å². The van der Waals surface area contributed by atoms with Gasteiger partial charge in [0.1, 0.15) is 0 Å². The molecule has 14 heavy (non-hydrogen) atoms. The minimum Gasteiger partial charge on any atom is -0.463 e. The Balaban J connectivity index is 2.20. The van der Waals surface area contributed by atoms with E-state index in [-0.39, 0.29) is 5.97 Å². The zero-order valence-corrected chi connectivity index (χ0v) is 8.19. The highest BCUT2D eigenvalue weighted by Crippen LogP contribution is 2.19. The Hall–Kier alpha value is -1.51. The van der Waals surface area contributed by atoms with Gasteiger partial charge in [0.25, 0.3) is 0 Å². The van der Waals surface area contributed by atoms with Crippen LogP contribution in [0.25, 0.3) is 6.20 Å². The molecule has 0 aromatic carbocycles. The Morgan fingerprint density at radius 1 is 1.57 bits per heavy atom. The fourth-order valence-electron chi connectivity index (χ4n) is 1.64. The Kier molecular flexibility index (Phi) is 2.39. The van der Waals surface area contributed by atoms with Crippen molar-refractivity contribution in [3.63, 3.8) is 0 Å². The van der Waals surface area contributed by atoms with Crippen LogP contribution in [0.1, 0.15) is 19.0 Å². The Morgan fingerprint density at radius 3 is 3.21 bits per heavy atom. The predicted octanol–water partition coefficient (Wildman–Crippen LogP) is 1.84. The smallest absolute Gasteiger partial charge is 0.335 e. The second kappa shape index (κ2) is 3.70. The second-order valence-electron chi connectivity index (χ2n) is 3.28. The summed E-state index contributed by atoms with van der Waals surface area (Å²) in [6.07, 6.45) is 5.51. The first kappa shape index (κ1) is 9.06. The van der Waals surface area contributed by atoms with Gasteiger partial charge in [-0.2, -0.15) is 0 Å². The molecule has 0 N–H and O–H groups in total. The van der Waals surface area contributed by atoms with Crippen LogP contribution in [0, 0.1) is 0 Å². The van der Waals surface area contributed by atoms with E-state index < -0.39 is 0 Å². The number of carbonyl (C=O) groups is 1. The van der Waals surface area contributed by atoms with E-state index in [4.69, 9.17) is 4.74 Å². The summed E-state index contributed by atoms with van der Waals surface area (Å²) in [7, 11) is 0. The maximum Gasteiger partial charge on any atom is 0.335 e. The highest BCUT2D eigenvalue weighted by molar-refractivity contribution is 5.92. The summed E-state index contributed by atoms with van der Waals surface area (Å²) in [6.45, 7) is 2.26. The summed E-state index contributed by atoms with van der Waals surface area (Å²) < 4.78 is 6.93. The van der Waals surface area contributed by atoms with Gasteiger partial charge in [-0.3, -0.25) is 0 Å². The molecule has 0 saturated carbocycles. The zero-order valence-electron chi connectivity index (χ0n) is 8.19. The van der Waals surface area contributed by atoms with Gasteiger partial charge >= 0.3 is 5.97 Å². The van der Waals surface area contributed by atoms with Crippen molar-refractivity contribution in [1.29, 1.82) is 0 Å². The summed E-state index contributed by atoms with van der Waals surface area (Å²) >= 11 is 0. The lowest BCUT2D eigenvalue weighted by molar-refractivity contribution is -0.138. The lowest BCUT2D eigenvalue weighted by atomic mass is 10.1. The molecule has 0 atom stereocenters. The summed E-state index contributed by atoms with van der Waals surface area (Å²) in [5, 5.41) is 0. The van der Waals surface area contributed by atoms with Crippen molar-refractivity contribution in [3.8, 4) is 0 Å². The average Bonchev–Trinajstić information content (AvgIpc) is 2.64. The maximum atomic E-state index is 11.4. The second-order valence-corrected chi connectivity index (χ2v) is 3.28. The molecule has 0 bridgehead atoms. The Morgan fingerprint density at radius 2 is 2.43 bits per heavy atom. The van der Waals surface area contributed by atoms with Crippen molar-refractivity contribution in [2.24, 2.45) is 0 Å². The minimum absolute atomic E-state index is 0.188. The monoisotopic (exact) mass is 191 g/mol. The molecule has 0 aliphatic carbocycles. The van der Waals surface area contributed by atoms with E-state index in [1.54, 1.807) is 0 Å². The molecule has 2 rings (SSSR count). The van der Waals surface area contributed by atoms with Crippen molar-refractivity contribution in [2.45, 2.75) is 19.8 Å². The van der Waals surface area contributed by atoms with Crippen LogP contribution in [0.15, 0.2) is 23.9 Å². The van der Waals surface area contributed by atoms with E-state index >= 15 is 0 Å². The van der Waals surface area contributed by atoms with Crippen molar-refractivity contribution in [1.82, 2.24) is 4.57 Å². The molecule has 1 aliphatic rings. The average molecular weight is 191 g/mol. The summed E-state index contributed by atoms with van der Waals surface area (Å²) in [6, 6.07) is 4.05. The first-order valence-electron chi connectivity index (χ1n) is 4.85. The van der Waals surface area contributed by atoms with E-state index in [1.165, 1.54) is 5.69 Å². The molecule has 1 aromatic rings. The molecule has 0 unspecified atom stereocenters. The zero-order chi connectivity index (χ0) is 9.97. The third-order valence-electron chi connectivity index (χ3n) is 2.35. The Bertz CT molecular complexity index is 376. The van der Waals surface area contributed by atoms with Gasteiger partial charge in [-0.1, -0.05) is 0 Å². The molecule has 2 heterocycles. The first-order chi connectivity index (χ1) is 6.81. The lowest BCUT2D eigenvalue weighted by Gasteiger charge is -2.14. The van der Waals surface area contributed by atoms with Gasteiger partial charge in [0, 0.05) is 18.1 Å². The lowest BCUT2D eigenvalue weighted by Crippen LogP contribution is -2.13. The van der Waals surface area contributed by atoms with Crippen LogP contribution in [-0.2, 0) is 16.0 Å². The molecule has 0 amide bonds. The number of aromatic nitrogens is 1. The largest absolute Gasteiger partial charge is 0.463 e. The molecule has 0 spiro atoms. The Labute approximate surface area is 83.0 Å². The highest BCUT2D eigenvalue weighted by atomic mass is 16.5. The van der Waals surface area contributed by atoms with Crippen LogP contribution >= 0.6 is 0 Å².